The molecule has 0 spiro atoms. The third-order valence-corrected chi connectivity index (χ3v) is 3.74. The van der Waals surface area contributed by atoms with Crippen molar-refractivity contribution in [3.05, 3.63) is 35.3 Å². The largest absolute Gasteiger partial charge is 0.477 e. The molecule has 94 valence electrons. The van der Waals surface area contributed by atoms with Crippen molar-refractivity contribution in [2.24, 2.45) is 0 Å². The number of carboxylic acids is 1. The number of carbonyl (C=O) groups is 1. The van der Waals surface area contributed by atoms with Crippen LogP contribution in [-0.2, 0) is 0 Å². The van der Waals surface area contributed by atoms with Crippen molar-refractivity contribution in [1.82, 2.24) is 9.38 Å². The fourth-order valence-corrected chi connectivity index (χ4v) is 2.87. The molecule has 0 amide bonds. The Morgan fingerprint density at radius 2 is 2.11 bits per heavy atom. The third-order valence-electron chi connectivity index (χ3n) is 3.74. The lowest BCUT2D eigenvalue weighted by molar-refractivity contribution is 0.0687. The first-order chi connectivity index (χ1) is 8.66. The summed E-state index contributed by atoms with van der Waals surface area (Å²) in [6.07, 6.45) is 6.32. The van der Waals surface area contributed by atoms with Crippen LogP contribution in [0.1, 0.15) is 53.3 Å². The molecule has 0 bridgehead atoms. The van der Waals surface area contributed by atoms with Crippen molar-refractivity contribution < 1.29 is 9.90 Å². The van der Waals surface area contributed by atoms with Gasteiger partial charge in [-0.15, -0.1) is 0 Å². The average molecular weight is 244 g/mol. The van der Waals surface area contributed by atoms with Crippen LogP contribution in [0.25, 0.3) is 5.65 Å². The van der Waals surface area contributed by atoms with Gasteiger partial charge in [-0.05, 0) is 31.4 Å². The summed E-state index contributed by atoms with van der Waals surface area (Å²) in [5, 5.41) is 9.44. The monoisotopic (exact) mass is 244 g/mol. The first-order valence-corrected chi connectivity index (χ1v) is 6.38. The highest BCUT2D eigenvalue weighted by molar-refractivity contribution is 5.88. The normalized spacial score (nSPS) is 16.5. The minimum atomic E-state index is -0.880. The lowest BCUT2D eigenvalue weighted by Crippen LogP contribution is -2.07. The number of rotatable bonds is 2. The Kier molecular flexibility index (Phi) is 2.58. The average Bonchev–Trinajstić information content (AvgIpc) is 2.94. The molecular weight excluding hydrogens is 228 g/mol. The number of aryl methyl sites for hydroxylation is 1. The lowest BCUT2D eigenvalue weighted by Gasteiger charge is -2.06. The molecule has 2 heterocycles. The summed E-state index contributed by atoms with van der Waals surface area (Å²) in [4.78, 5) is 16.0. The minimum absolute atomic E-state index is 0.316. The number of imidazole rings is 1. The number of fused-ring (bicyclic) bond motifs is 1. The van der Waals surface area contributed by atoms with Crippen LogP contribution in [0.15, 0.2) is 18.3 Å². The molecule has 1 saturated carbocycles. The highest BCUT2D eigenvalue weighted by Gasteiger charge is 2.27. The molecule has 0 aromatic carbocycles. The molecule has 1 N–H and O–H groups in total. The van der Waals surface area contributed by atoms with Crippen molar-refractivity contribution in [3.63, 3.8) is 0 Å². The van der Waals surface area contributed by atoms with Gasteiger partial charge in [-0.25, -0.2) is 9.78 Å². The van der Waals surface area contributed by atoms with E-state index in [0.29, 0.717) is 11.6 Å². The fraction of sp³-hybridized carbons (Fsp3) is 0.429. The summed E-state index contributed by atoms with van der Waals surface area (Å²) in [5.41, 5.74) is 2.89. The molecule has 0 radical (unpaired) electrons. The summed E-state index contributed by atoms with van der Waals surface area (Å²) >= 11 is 0. The van der Waals surface area contributed by atoms with Crippen LogP contribution in [0.5, 0.6) is 0 Å². The predicted octanol–water partition coefficient (Wildman–Crippen LogP) is 3.00. The van der Waals surface area contributed by atoms with Crippen molar-refractivity contribution in [2.45, 2.75) is 38.5 Å². The quantitative estimate of drug-likeness (QED) is 0.883. The second kappa shape index (κ2) is 4.12. The summed E-state index contributed by atoms with van der Waals surface area (Å²) in [7, 11) is 0. The number of hydrogen-bond acceptors (Lipinski definition) is 2. The molecule has 1 aliphatic rings. The van der Waals surface area contributed by atoms with E-state index in [9.17, 15) is 9.90 Å². The van der Waals surface area contributed by atoms with E-state index in [0.717, 1.165) is 29.7 Å². The van der Waals surface area contributed by atoms with E-state index < -0.39 is 5.97 Å². The van der Waals surface area contributed by atoms with Crippen LogP contribution < -0.4 is 0 Å². The summed E-state index contributed by atoms with van der Waals surface area (Å²) in [5.74, 6) is -0.564. The van der Waals surface area contributed by atoms with E-state index >= 15 is 0 Å². The van der Waals surface area contributed by atoms with Gasteiger partial charge < -0.3 is 5.11 Å². The van der Waals surface area contributed by atoms with Gasteiger partial charge in [0.15, 0.2) is 5.69 Å². The molecule has 4 nitrogen and oxygen atoms in total. The number of carboxylic acid groups (broad SMARTS) is 1. The molecule has 0 unspecified atom stereocenters. The van der Waals surface area contributed by atoms with Crippen LogP contribution in [0, 0.1) is 6.92 Å². The zero-order valence-corrected chi connectivity index (χ0v) is 10.4. The van der Waals surface area contributed by atoms with Gasteiger partial charge in [0.2, 0.25) is 0 Å². The van der Waals surface area contributed by atoms with E-state index in [4.69, 9.17) is 0 Å². The van der Waals surface area contributed by atoms with Crippen LogP contribution >= 0.6 is 0 Å². The van der Waals surface area contributed by atoms with Crippen LogP contribution in [0.4, 0.5) is 0 Å². The molecule has 0 saturated heterocycles. The van der Waals surface area contributed by atoms with Crippen molar-refractivity contribution in [2.75, 3.05) is 0 Å². The molecule has 2 aromatic rings. The second-order valence-corrected chi connectivity index (χ2v) is 5.07. The van der Waals surface area contributed by atoms with Crippen molar-refractivity contribution in [1.29, 1.82) is 0 Å². The van der Waals surface area contributed by atoms with Gasteiger partial charge in [-0.1, -0.05) is 18.9 Å². The van der Waals surface area contributed by atoms with Crippen molar-refractivity contribution in [3.8, 4) is 0 Å². The van der Waals surface area contributed by atoms with Crippen molar-refractivity contribution >= 4 is 11.6 Å². The van der Waals surface area contributed by atoms with Gasteiger partial charge in [0, 0.05) is 12.1 Å². The standard InChI is InChI=1S/C14H16N2O2/c1-9-6-7-11-15-12(10-4-2-3-5-10)13(14(17)18)16(11)8-9/h6-8,10H,2-5H2,1H3,(H,17,18). The summed E-state index contributed by atoms with van der Waals surface area (Å²) in [6.45, 7) is 1.96. The van der Waals surface area contributed by atoms with E-state index in [1.54, 1.807) is 4.40 Å². The van der Waals surface area contributed by atoms with Gasteiger partial charge in [0.25, 0.3) is 0 Å². The molecule has 1 aliphatic carbocycles. The maximum atomic E-state index is 11.5. The second-order valence-electron chi connectivity index (χ2n) is 5.07. The van der Waals surface area contributed by atoms with Gasteiger partial charge in [-0.3, -0.25) is 4.40 Å². The Morgan fingerprint density at radius 1 is 1.39 bits per heavy atom. The predicted molar refractivity (Wildman–Crippen MR) is 68.1 cm³/mol. The Bertz CT molecular complexity index is 610. The Morgan fingerprint density at radius 3 is 2.78 bits per heavy atom. The zero-order chi connectivity index (χ0) is 12.7. The molecule has 2 aromatic heterocycles. The number of pyridine rings is 1. The van der Waals surface area contributed by atoms with Crippen LogP contribution in [0.2, 0.25) is 0 Å². The number of nitrogens with zero attached hydrogens (tertiary/aromatic N) is 2. The molecule has 18 heavy (non-hydrogen) atoms. The van der Waals surface area contributed by atoms with Gasteiger partial charge in [0.1, 0.15) is 5.65 Å². The Balaban J connectivity index is 2.23. The molecule has 1 fully saturated rings. The minimum Gasteiger partial charge on any atom is -0.477 e. The van der Waals surface area contributed by atoms with Crippen LogP contribution in [-0.4, -0.2) is 20.5 Å². The van der Waals surface area contributed by atoms with E-state index in [1.165, 1.54) is 12.8 Å². The number of aromatic nitrogens is 2. The maximum Gasteiger partial charge on any atom is 0.354 e. The highest BCUT2D eigenvalue weighted by atomic mass is 16.4. The molecular formula is C14H16N2O2. The fourth-order valence-electron chi connectivity index (χ4n) is 2.87. The number of aromatic carboxylic acids is 1. The van der Waals surface area contributed by atoms with Crippen LogP contribution in [0.3, 0.4) is 0 Å². The zero-order valence-electron chi connectivity index (χ0n) is 10.4. The number of hydrogen-bond donors (Lipinski definition) is 1. The molecule has 0 atom stereocenters. The SMILES string of the molecule is Cc1ccc2nc(C3CCCC3)c(C(=O)O)n2c1. The molecule has 0 aliphatic heterocycles. The lowest BCUT2D eigenvalue weighted by atomic mass is 10.0. The first-order valence-electron chi connectivity index (χ1n) is 6.38. The molecule has 4 heteroatoms. The van der Waals surface area contributed by atoms with Gasteiger partial charge in [-0.2, -0.15) is 0 Å². The summed E-state index contributed by atoms with van der Waals surface area (Å²) in [6, 6.07) is 3.85. The smallest absolute Gasteiger partial charge is 0.354 e. The van der Waals surface area contributed by atoms with E-state index in [2.05, 4.69) is 4.98 Å². The van der Waals surface area contributed by atoms with Gasteiger partial charge >= 0.3 is 5.97 Å². The van der Waals surface area contributed by atoms with Gasteiger partial charge in [0.05, 0.1) is 5.69 Å². The Labute approximate surface area is 105 Å². The Hall–Kier alpha value is -1.84. The first kappa shape index (κ1) is 11.3. The third kappa shape index (κ3) is 1.68. The summed E-state index contributed by atoms with van der Waals surface area (Å²) < 4.78 is 1.71. The molecule has 3 rings (SSSR count). The van der Waals surface area contributed by atoms with E-state index in [1.807, 2.05) is 25.3 Å². The highest BCUT2D eigenvalue weighted by Crippen LogP contribution is 2.35. The maximum absolute atomic E-state index is 11.5. The van der Waals surface area contributed by atoms with E-state index in [-0.39, 0.29) is 0 Å². The topological polar surface area (TPSA) is 54.6 Å².